The predicted molar refractivity (Wildman–Crippen MR) is 40.1 cm³/mol. The van der Waals surface area contributed by atoms with Crippen molar-refractivity contribution in [1.29, 1.82) is 0 Å². The number of hydrogen-bond donors (Lipinski definition) is 2. The highest BCUT2D eigenvalue weighted by Crippen LogP contribution is 1.84. The van der Waals surface area contributed by atoms with Crippen LogP contribution >= 0.6 is 0 Å². The molecule has 0 aliphatic heterocycles. The molecule has 0 fully saturated rings. The first-order chi connectivity index (χ1) is 4.06. The first-order valence-corrected chi connectivity index (χ1v) is 2.92. The molecule has 0 atom stereocenters. The summed E-state index contributed by atoms with van der Waals surface area (Å²) in [6.45, 7) is 1.11. The van der Waals surface area contributed by atoms with Gasteiger partial charge in [0.15, 0.2) is 0 Å². The molecule has 0 bridgehead atoms. The standard InChI is InChI=1S/C5H14NO.CH4O.H2O/c1-6(2,3)4-5-7;1-2;/h7H,4-5H2,1-3H3;2H,1H3;1H2/q+1;;/p-1. The van der Waals surface area contributed by atoms with Crippen LogP contribution in [0, 0.1) is 0 Å². The van der Waals surface area contributed by atoms with Gasteiger partial charge in [-0.25, -0.2) is 0 Å². The molecule has 66 valence electrons. The quantitative estimate of drug-likeness (QED) is 0.506. The second kappa shape index (κ2) is 8.84. The molecule has 0 saturated heterocycles. The van der Waals surface area contributed by atoms with E-state index in [4.69, 9.17) is 10.2 Å². The number of quaternary nitrogens is 1. The van der Waals surface area contributed by atoms with Crippen molar-refractivity contribution in [3.63, 3.8) is 0 Å². The van der Waals surface area contributed by atoms with Gasteiger partial charge in [0, 0.05) is 7.11 Å². The molecule has 0 amide bonds. The van der Waals surface area contributed by atoms with Gasteiger partial charge >= 0.3 is 0 Å². The molecular formula is C6H19NO3. The number of likely N-dealkylation sites (N-methyl/N-ethyl adjacent to an activating group) is 1. The Morgan fingerprint density at radius 2 is 1.40 bits per heavy atom. The van der Waals surface area contributed by atoms with E-state index in [-0.39, 0.29) is 12.1 Å². The lowest BCUT2D eigenvalue weighted by molar-refractivity contribution is -0.870. The maximum Gasteiger partial charge on any atom is 0.101 e. The molecule has 0 spiro atoms. The molecule has 3 N–H and O–H groups in total. The highest BCUT2D eigenvalue weighted by Gasteiger charge is 2.02. The van der Waals surface area contributed by atoms with Crippen molar-refractivity contribution in [2.24, 2.45) is 0 Å². The zero-order chi connectivity index (χ0) is 7.91. The minimum absolute atomic E-state index is 0. The molecular weight excluding hydrogens is 134 g/mol. The fraction of sp³-hybridized carbons (Fsp3) is 1.00. The van der Waals surface area contributed by atoms with Crippen molar-refractivity contribution in [2.75, 3.05) is 41.4 Å². The highest BCUT2D eigenvalue weighted by molar-refractivity contribution is 4.19. The fourth-order valence-corrected chi connectivity index (χ4v) is 0.300. The SMILES string of the molecule is CO.C[N+](C)(C)CCO.[OH-]. The number of rotatable bonds is 2. The average molecular weight is 153 g/mol. The van der Waals surface area contributed by atoms with Crippen LogP contribution in [0.5, 0.6) is 0 Å². The molecule has 0 aliphatic carbocycles. The topological polar surface area (TPSA) is 70.5 Å². The zero-order valence-electron chi connectivity index (χ0n) is 7.20. The Labute approximate surface area is 62.6 Å². The summed E-state index contributed by atoms with van der Waals surface area (Å²) < 4.78 is 0.844. The minimum atomic E-state index is 0. The van der Waals surface area contributed by atoms with Gasteiger partial charge in [-0.15, -0.1) is 0 Å². The van der Waals surface area contributed by atoms with Gasteiger partial charge in [-0.1, -0.05) is 0 Å². The maximum atomic E-state index is 8.39. The average Bonchev–Trinajstić information content (AvgIpc) is 1.69. The normalized spacial score (nSPS) is 9.00. The number of aliphatic hydroxyl groups excluding tert-OH is 2. The fourth-order valence-electron chi connectivity index (χ4n) is 0.300. The van der Waals surface area contributed by atoms with Gasteiger partial charge in [0.05, 0.1) is 27.7 Å². The van der Waals surface area contributed by atoms with Crippen LogP contribution < -0.4 is 0 Å². The highest BCUT2D eigenvalue weighted by atomic mass is 16.3. The zero-order valence-corrected chi connectivity index (χ0v) is 7.20. The van der Waals surface area contributed by atoms with Gasteiger partial charge in [-0.3, -0.25) is 0 Å². The lowest BCUT2D eigenvalue weighted by atomic mass is 10.5. The molecule has 0 heterocycles. The van der Waals surface area contributed by atoms with Gasteiger partial charge in [-0.05, 0) is 0 Å². The smallest absolute Gasteiger partial charge is 0.101 e. The first-order valence-electron chi connectivity index (χ1n) is 2.92. The third-order valence-electron chi connectivity index (χ3n) is 0.771. The van der Waals surface area contributed by atoms with E-state index in [1.165, 1.54) is 0 Å². The molecule has 0 rings (SSSR count). The first kappa shape index (κ1) is 16.4. The monoisotopic (exact) mass is 153 g/mol. The van der Waals surface area contributed by atoms with Crippen molar-refractivity contribution in [2.45, 2.75) is 0 Å². The van der Waals surface area contributed by atoms with E-state index >= 15 is 0 Å². The number of nitrogens with zero attached hydrogens (tertiary/aromatic N) is 1. The molecule has 0 aromatic rings. The molecule has 0 unspecified atom stereocenters. The molecule has 10 heavy (non-hydrogen) atoms. The Hall–Kier alpha value is -0.160. The van der Waals surface area contributed by atoms with Crippen LogP contribution in [-0.4, -0.2) is 61.6 Å². The van der Waals surface area contributed by atoms with E-state index < -0.39 is 0 Å². The Bertz CT molecular complexity index is 51.4. The maximum absolute atomic E-state index is 8.39. The summed E-state index contributed by atoms with van der Waals surface area (Å²) in [7, 11) is 7.16. The summed E-state index contributed by atoms with van der Waals surface area (Å²) in [5.41, 5.74) is 0. The van der Waals surface area contributed by atoms with Crippen molar-refractivity contribution in [3.8, 4) is 0 Å². The molecule has 4 heteroatoms. The third kappa shape index (κ3) is 24.9. The van der Waals surface area contributed by atoms with Gasteiger partial charge in [0.2, 0.25) is 0 Å². The van der Waals surface area contributed by atoms with E-state index in [1.807, 2.05) is 0 Å². The van der Waals surface area contributed by atoms with Crippen LogP contribution in [0.1, 0.15) is 0 Å². The molecule has 0 aliphatic rings. The number of hydrogen-bond acceptors (Lipinski definition) is 3. The van der Waals surface area contributed by atoms with Crippen molar-refractivity contribution in [3.05, 3.63) is 0 Å². The molecule has 0 radical (unpaired) electrons. The van der Waals surface area contributed by atoms with Crippen LogP contribution in [0.3, 0.4) is 0 Å². The summed E-state index contributed by atoms with van der Waals surface area (Å²) in [5.74, 6) is 0. The van der Waals surface area contributed by atoms with Crippen LogP contribution in [0.25, 0.3) is 0 Å². The summed E-state index contributed by atoms with van der Waals surface area (Å²) in [4.78, 5) is 0. The Morgan fingerprint density at radius 1 is 1.10 bits per heavy atom. The van der Waals surface area contributed by atoms with Crippen molar-refractivity contribution < 1.29 is 20.2 Å². The lowest BCUT2D eigenvalue weighted by Crippen LogP contribution is -2.36. The van der Waals surface area contributed by atoms with Gasteiger partial charge in [0.25, 0.3) is 0 Å². The third-order valence-corrected chi connectivity index (χ3v) is 0.771. The lowest BCUT2D eigenvalue weighted by Gasteiger charge is -2.21. The van der Waals surface area contributed by atoms with Crippen LogP contribution in [0.4, 0.5) is 0 Å². The molecule has 0 aromatic heterocycles. The molecule has 4 nitrogen and oxygen atoms in total. The largest absolute Gasteiger partial charge is 0.870 e. The van der Waals surface area contributed by atoms with Crippen molar-refractivity contribution >= 4 is 0 Å². The Balaban J connectivity index is -0.000000149. The van der Waals surface area contributed by atoms with E-state index in [9.17, 15) is 0 Å². The number of aliphatic hydroxyl groups is 2. The van der Waals surface area contributed by atoms with Crippen LogP contribution in [0.15, 0.2) is 0 Å². The van der Waals surface area contributed by atoms with Crippen LogP contribution in [0.2, 0.25) is 0 Å². The second-order valence-electron chi connectivity index (χ2n) is 2.74. The Kier molecular flexibility index (Phi) is 14.5. The van der Waals surface area contributed by atoms with Crippen LogP contribution in [-0.2, 0) is 0 Å². The van der Waals surface area contributed by atoms with Gasteiger partial charge in [0.1, 0.15) is 6.54 Å². The predicted octanol–water partition coefficient (Wildman–Crippen LogP) is -0.883. The summed E-state index contributed by atoms with van der Waals surface area (Å²) in [6.07, 6.45) is 0. The summed E-state index contributed by atoms with van der Waals surface area (Å²) >= 11 is 0. The van der Waals surface area contributed by atoms with E-state index in [0.29, 0.717) is 0 Å². The second-order valence-corrected chi connectivity index (χ2v) is 2.74. The van der Waals surface area contributed by atoms with Gasteiger partial charge < -0.3 is 20.2 Å². The summed E-state index contributed by atoms with van der Waals surface area (Å²) in [6, 6.07) is 0. The Morgan fingerprint density at radius 3 is 1.40 bits per heavy atom. The molecule has 0 saturated carbocycles. The van der Waals surface area contributed by atoms with E-state index in [2.05, 4.69) is 21.1 Å². The molecule has 0 aromatic carbocycles. The van der Waals surface area contributed by atoms with E-state index in [1.54, 1.807) is 0 Å². The van der Waals surface area contributed by atoms with Gasteiger partial charge in [-0.2, -0.15) is 0 Å². The minimum Gasteiger partial charge on any atom is -0.870 e. The summed E-state index contributed by atoms with van der Waals surface area (Å²) in [5, 5.41) is 15.4. The van der Waals surface area contributed by atoms with Crippen molar-refractivity contribution in [1.82, 2.24) is 0 Å². The van der Waals surface area contributed by atoms with E-state index in [0.717, 1.165) is 18.1 Å².